The Balaban J connectivity index is 2.29. The quantitative estimate of drug-likeness (QED) is 0.689. The summed E-state index contributed by atoms with van der Waals surface area (Å²) in [6.45, 7) is 5.57. The molecule has 0 saturated carbocycles. The van der Waals surface area contributed by atoms with Crippen molar-refractivity contribution in [2.24, 2.45) is 0 Å². The maximum atomic E-state index is 12.2. The van der Waals surface area contributed by atoms with Crippen molar-refractivity contribution in [3.8, 4) is 5.75 Å². The molecule has 1 rings (SSSR count). The molecule has 0 aromatic heterocycles. The number of rotatable bonds is 7. The number of nitrogens with one attached hydrogen (secondary N) is 2. The number of amides is 2. The Hall–Kier alpha value is -2.10. The van der Waals surface area contributed by atoms with Crippen LogP contribution in [0.2, 0.25) is 0 Å². The molecule has 1 aromatic rings. The van der Waals surface area contributed by atoms with E-state index in [1.54, 1.807) is 20.8 Å². The van der Waals surface area contributed by atoms with Crippen LogP contribution in [0.5, 0.6) is 5.75 Å². The minimum absolute atomic E-state index is 0.0837. The molecule has 1 aromatic carbocycles. The molecule has 146 valence electrons. The lowest BCUT2D eigenvalue weighted by Gasteiger charge is -2.19. The molecule has 0 unspecified atom stereocenters. The van der Waals surface area contributed by atoms with Crippen LogP contribution in [-0.2, 0) is 9.53 Å². The van der Waals surface area contributed by atoms with E-state index in [1.165, 1.54) is 23.9 Å². The number of carbonyl (C=O) groups excluding carboxylic acids is 2. The number of carbonyl (C=O) groups is 2. The van der Waals surface area contributed by atoms with E-state index in [0.29, 0.717) is 12.3 Å². The van der Waals surface area contributed by atoms with Crippen molar-refractivity contribution in [1.29, 1.82) is 0 Å². The predicted octanol–water partition coefficient (Wildman–Crippen LogP) is 3.78. The van der Waals surface area contributed by atoms with Gasteiger partial charge in [0, 0.05) is 24.1 Å². The predicted molar refractivity (Wildman–Crippen MR) is 93.3 cm³/mol. The van der Waals surface area contributed by atoms with E-state index in [0.717, 1.165) is 12.1 Å². The number of hydrogen-bond acceptors (Lipinski definition) is 5. The zero-order valence-electron chi connectivity index (χ0n) is 14.6. The molecule has 26 heavy (non-hydrogen) atoms. The van der Waals surface area contributed by atoms with Crippen LogP contribution < -0.4 is 15.4 Å². The van der Waals surface area contributed by atoms with Crippen molar-refractivity contribution in [1.82, 2.24) is 5.32 Å². The zero-order valence-corrected chi connectivity index (χ0v) is 15.4. The second-order valence-electron chi connectivity index (χ2n) is 6.11. The Kier molecular flexibility index (Phi) is 8.07. The van der Waals surface area contributed by atoms with Crippen LogP contribution in [0.1, 0.15) is 20.8 Å². The fraction of sp³-hybridized carbons (Fsp3) is 0.500. The van der Waals surface area contributed by atoms with E-state index in [4.69, 9.17) is 4.74 Å². The van der Waals surface area contributed by atoms with Gasteiger partial charge in [-0.15, -0.1) is 13.2 Å². The fourth-order valence-electron chi connectivity index (χ4n) is 1.67. The molecule has 10 heteroatoms. The lowest BCUT2D eigenvalue weighted by molar-refractivity contribution is -0.274. The number of halogens is 3. The molecular formula is C16H21F3N2O4S. The highest BCUT2D eigenvalue weighted by Gasteiger charge is 2.31. The zero-order chi connectivity index (χ0) is 19.8. The number of ether oxygens (including phenoxy) is 2. The molecule has 0 aliphatic carbocycles. The molecule has 2 amide bonds. The van der Waals surface area contributed by atoms with Crippen LogP contribution in [0, 0.1) is 0 Å². The first-order valence-corrected chi connectivity index (χ1v) is 8.80. The molecular weight excluding hydrogens is 373 g/mol. The summed E-state index contributed by atoms with van der Waals surface area (Å²) in [6, 6.07) is 5.02. The van der Waals surface area contributed by atoms with Gasteiger partial charge < -0.3 is 20.1 Å². The number of hydrogen-bond donors (Lipinski definition) is 2. The lowest BCUT2D eigenvalue weighted by Crippen LogP contribution is -2.33. The molecule has 0 bridgehead atoms. The van der Waals surface area contributed by atoms with E-state index in [1.807, 2.05) is 0 Å². The average Bonchev–Trinajstić information content (AvgIpc) is 2.43. The van der Waals surface area contributed by atoms with E-state index < -0.39 is 23.8 Å². The molecule has 0 spiro atoms. The van der Waals surface area contributed by atoms with Crippen LogP contribution in [0.15, 0.2) is 24.3 Å². The largest absolute Gasteiger partial charge is 0.573 e. The number of benzene rings is 1. The van der Waals surface area contributed by atoms with Gasteiger partial charge in [0.15, 0.2) is 0 Å². The summed E-state index contributed by atoms with van der Waals surface area (Å²) in [7, 11) is 0. The van der Waals surface area contributed by atoms with E-state index in [9.17, 15) is 22.8 Å². The third-order valence-corrected chi connectivity index (χ3v) is 3.46. The Morgan fingerprint density at radius 2 is 1.88 bits per heavy atom. The lowest BCUT2D eigenvalue weighted by atomic mass is 10.2. The second kappa shape index (κ2) is 9.56. The summed E-state index contributed by atoms with van der Waals surface area (Å²) in [5.41, 5.74) is -0.384. The van der Waals surface area contributed by atoms with Crippen LogP contribution in [-0.4, -0.2) is 42.0 Å². The van der Waals surface area contributed by atoms with E-state index >= 15 is 0 Å². The van der Waals surface area contributed by atoms with Gasteiger partial charge >= 0.3 is 12.5 Å². The maximum Gasteiger partial charge on any atom is 0.573 e. The topological polar surface area (TPSA) is 76.7 Å². The summed E-state index contributed by atoms with van der Waals surface area (Å²) < 4.78 is 45.4. The summed E-state index contributed by atoms with van der Waals surface area (Å²) in [5.74, 6) is -0.231. The van der Waals surface area contributed by atoms with Crippen LogP contribution in [0.3, 0.4) is 0 Å². The van der Waals surface area contributed by atoms with Gasteiger partial charge in [-0.2, -0.15) is 11.8 Å². The first-order valence-electron chi connectivity index (χ1n) is 7.65. The summed E-state index contributed by atoms with van der Waals surface area (Å²) in [6.07, 6.45) is -5.33. The number of anilines is 1. The third-order valence-electron chi connectivity index (χ3n) is 2.50. The van der Waals surface area contributed by atoms with Crippen molar-refractivity contribution in [2.75, 3.05) is 23.4 Å². The van der Waals surface area contributed by atoms with Crippen LogP contribution in [0.4, 0.5) is 23.7 Å². The Morgan fingerprint density at radius 3 is 2.50 bits per heavy atom. The monoisotopic (exact) mass is 394 g/mol. The van der Waals surface area contributed by atoms with Crippen molar-refractivity contribution in [2.45, 2.75) is 32.7 Å². The maximum absolute atomic E-state index is 12.2. The smallest absolute Gasteiger partial charge is 0.444 e. The summed E-state index contributed by atoms with van der Waals surface area (Å²) in [5, 5.41) is 5.03. The van der Waals surface area contributed by atoms with Gasteiger partial charge in [-0.05, 0) is 32.9 Å². The minimum Gasteiger partial charge on any atom is -0.444 e. The number of alkyl carbamates (subject to hydrolysis) is 1. The summed E-state index contributed by atoms with van der Waals surface area (Å²) >= 11 is 1.26. The van der Waals surface area contributed by atoms with Crippen molar-refractivity contribution in [3.05, 3.63) is 24.3 Å². The molecule has 0 aliphatic rings. The highest BCUT2D eigenvalue weighted by atomic mass is 32.2. The van der Waals surface area contributed by atoms with Crippen molar-refractivity contribution in [3.63, 3.8) is 0 Å². The van der Waals surface area contributed by atoms with Crippen LogP contribution in [0.25, 0.3) is 0 Å². The molecule has 0 fully saturated rings. The molecule has 0 radical (unpaired) electrons. The molecule has 0 saturated heterocycles. The second-order valence-corrected chi connectivity index (χ2v) is 7.21. The van der Waals surface area contributed by atoms with Crippen LogP contribution >= 0.6 is 11.8 Å². The fourth-order valence-corrected chi connectivity index (χ4v) is 2.32. The van der Waals surface area contributed by atoms with E-state index in [-0.39, 0.29) is 17.3 Å². The Morgan fingerprint density at radius 1 is 1.19 bits per heavy atom. The van der Waals surface area contributed by atoms with Gasteiger partial charge in [0.2, 0.25) is 5.91 Å². The highest BCUT2D eigenvalue weighted by molar-refractivity contribution is 7.99. The molecule has 6 nitrogen and oxygen atoms in total. The molecule has 0 heterocycles. The van der Waals surface area contributed by atoms with Gasteiger partial charge in [0.25, 0.3) is 0 Å². The standard InChI is InChI=1S/C16H21F3N2O4S/c1-15(2,3)25-14(23)20-7-8-26-10-13(22)21-11-5-4-6-12(9-11)24-16(17,18)19/h4-6,9H,7-8,10H2,1-3H3,(H,20,23)(H,21,22). The van der Waals surface area contributed by atoms with Gasteiger partial charge in [0.05, 0.1) is 5.75 Å². The number of alkyl halides is 3. The third kappa shape index (κ3) is 10.7. The molecule has 2 N–H and O–H groups in total. The average molecular weight is 394 g/mol. The first kappa shape index (κ1) is 21.9. The molecule has 0 aliphatic heterocycles. The minimum atomic E-state index is -4.79. The van der Waals surface area contributed by atoms with Gasteiger partial charge in [-0.3, -0.25) is 4.79 Å². The number of thioether (sulfide) groups is 1. The normalized spacial score (nSPS) is 11.6. The molecule has 0 atom stereocenters. The first-order chi connectivity index (χ1) is 11.9. The van der Waals surface area contributed by atoms with Crippen molar-refractivity contribution >= 4 is 29.4 Å². The van der Waals surface area contributed by atoms with Crippen molar-refractivity contribution < 1.29 is 32.2 Å². The Bertz CT molecular complexity index is 618. The summed E-state index contributed by atoms with van der Waals surface area (Å²) in [4.78, 5) is 23.2. The Labute approximate surface area is 153 Å². The van der Waals surface area contributed by atoms with Gasteiger partial charge in [0.1, 0.15) is 11.4 Å². The van der Waals surface area contributed by atoms with Gasteiger partial charge in [-0.25, -0.2) is 4.79 Å². The van der Waals surface area contributed by atoms with Gasteiger partial charge in [-0.1, -0.05) is 6.07 Å². The van der Waals surface area contributed by atoms with E-state index in [2.05, 4.69) is 15.4 Å². The SMILES string of the molecule is CC(C)(C)OC(=O)NCCSCC(=O)Nc1cccc(OC(F)(F)F)c1. The highest BCUT2D eigenvalue weighted by Crippen LogP contribution is 2.25.